The first-order valence-corrected chi connectivity index (χ1v) is 5.70. The first-order chi connectivity index (χ1) is 7.77. The number of hydrogen-bond acceptors (Lipinski definition) is 4. The van der Waals surface area contributed by atoms with Gasteiger partial charge in [-0.2, -0.15) is 0 Å². The summed E-state index contributed by atoms with van der Waals surface area (Å²) in [7, 11) is 0. The zero-order valence-electron chi connectivity index (χ0n) is 9.26. The van der Waals surface area contributed by atoms with Gasteiger partial charge in [-0.1, -0.05) is 12.2 Å². The fourth-order valence-electron chi connectivity index (χ4n) is 2.76. The molecule has 0 radical (unpaired) electrons. The summed E-state index contributed by atoms with van der Waals surface area (Å²) in [6, 6.07) is -0.264. The van der Waals surface area contributed by atoms with Crippen LogP contribution in [0.5, 0.6) is 0 Å². The standard InChI is InChI=1S/C12H15NO3/c1-2-16-12(15)10-8-3-5-9(6-4-8)11(10)13-7-14/h3,5,8-11H,2,4,6H2,1H3. The highest BCUT2D eigenvalue weighted by molar-refractivity contribution is 5.75. The smallest absolute Gasteiger partial charge is 0.311 e. The van der Waals surface area contributed by atoms with Crippen molar-refractivity contribution < 1.29 is 14.3 Å². The lowest BCUT2D eigenvalue weighted by molar-refractivity contribution is -0.152. The molecule has 4 unspecified atom stereocenters. The van der Waals surface area contributed by atoms with Crippen LogP contribution in [-0.2, 0) is 14.3 Å². The van der Waals surface area contributed by atoms with Crippen molar-refractivity contribution in [2.75, 3.05) is 6.61 Å². The molecule has 1 saturated carbocycles. The van der Waals surface area contributed by atoms with Gasteiger partial charge in [0.15, 0.2) is 0 Å². The Morgan fingerprint density at radius 1 is 1.44 bits per heavy atom. The number of aliphatic imine (C=N–C) groups is 1. The van der Waals surface area contributed by atoms with Crippen molar-refractivity contribution in [3.05, 3.63) is 12.2 Å². The van der Waals surface area contributed by atoms with Gasteiger partial charge < -0.3 is 4.74 Å². The molecule has 3 rings (SSSR count). The molecule has 0 aromatic rings. The molecule has 2 bridgehead atoms. The molecule has 4 nitrogen and oxygen atoms in total. The Kier molecular flexibility index (Phi) is 3.20. The first kappa shape index (κ1) is 11.1. The van der Waals surface area contributed by atoms with E-state index in [4.69, 9.17) is 4.74 Å². The summed E-state index contributed by atoms with van der Waals surface area (Å²) in [6.45, 7) is 2.15. The average molecular weight is 221 g/mol. The van der Waals surface area contributed by atoms with E-state index >= 15 is 0 Å². The van der Waals surface area contributed by atoms with Crippen LogP contribution in [-0.4, -0.2) is 24.7 Å². The van der Waals surface area contributed by atoms with E-state index in [2.05, 4.69) is 17.1 Å². The van der Waals surface area contributed by atoms with E-state index in [-0.39, 0.29) is 29.8 Å². The van der Waals surface area contributed by atoms with E-state index in [1.807, 2.05) is 0 Å². The van der Waals surface area contributed by atoms with Crippen LogP contribution >= 0.6 is 0 Å². The number of rotatable bonds is 3. The third kappa shape index (κ3) is 1.81. The molecule has 0 aromatic heterocycles. The van der Waals surface area contributed by atoms with Gasteiger partial charge in [0.2, 0.25) is 6.08 Å². The summed E-state index contributed by atoms with van der Waals surface area (Å²) < 4.78 is 5.05. The molecule has 0 saturated heterocycles. The van der Waals surface area contributed by atoms with Crippen LogP contribution in [0.2, 0.25) is 0 Å². The minimum absolute atomic E-state index is 0.172. The number of ether oxygens (including phenoxy) is 1. The molecule has 0 spiro atoms. The second kappa shape index (κ2) is 4.62. The van der Waals surface area contributed by atoms with Crippen molar-refractivity contribution in [3.63, 3.8) is 0 Å². The average Bonchev–Trinajstić information content (AvgIpc) is 2.31. The van der Waals surface area contributed by atoms with Crippen molar-refractivity contribution in [1.29, 1.82) is 0 Å². The fraction of sp³-hybridized carbons (Fsp3) is 0.667. The van der Waals surface area contributed by atoms with Crippen LogP contribution < -0.4 is 0 Å². The van der Waals surface area contributed by atoms with E-state index in [9.17, 15) is 9.59 Å². The molecule has 4 heteroatoms. The second-order valence-corrected chi connectivity index (χ2v) is 4.28. The molecule has 86 valence electrons. The summed E-state index contributed by atoms with van der Waals surface area (Å²) in [5.74, 6) is -0.150. The summed E-state index contributed by atoms with van der Waals surface area (Å²) in [6.07, 6.45) is 7.68. The molecule has 0 aliphatic heterocycles. The SMILES string of the molecule is CCOC(=O)C1C2C=CC(CC2)C1N=C=O. The van der Waals surface area contributed by atoms with Gasteiger partial charge in [-0.25, -0.2) is 9.79 Å². The van der Waals surface area contributed by atoms with Gasteiger partial charge in [0, 0.05) is 5.92 Å². The van der Waals surface area contributed by atoms with Gasteiger partial charge in [-0.3, -0.25) is 4.79 Å². The third-order valence-electron chi connectivity index (χ3n) is 3.47. The van der Waals surface area contributed by atoms with Crippen molar-refractivity contribution in [1.82, 2.24) is 0 Å². The molecule has 0 amide bonds. The number of nitrogens with zero attached hydrogens (tertiary/aromatic N) is 1. The molecule has 0 heterocycles. The maximum absolute atomic E-state index is 11.8. The molecule has 16 heavy (non-hydrogen) atoms. The normalized spacial score (nSPS) is 35.6. The van der Waals surface area contributed by atoms with Crippen LogP contribution in [0.3, 0.4) is 0 Å². The Hall–Kier alpha value is -1.41. The van der Waals surface area contributed by atoms with Crippen molar-refractivity contribution in [3.8, 4) is 0 Å². The van der Waals surface area contributed by atoms with Gasteiger partial charge in [0.25, 0.3) is 0 Å². The molecule has 1 fully saturated rings. The summed E-state index contributed by atoms with van der Waals surface area (Å²) in [4.78, 5) is 26.0. The minimum Gasteiger partial charge on any atom is -0.466 e. The number of carbonyl (C=O) groups is 1. The summed E-state index contributed by atoms with van der Waals surface area (Å²) in [5.41, 5.74) is 0. The molecule has 4 atom stereocenters. The highest BCUT2D eigenvalue weighted by Gasteiger charge is 2.45. The van der Waals surface area contributed by atoms with Crippen LogP contribution in [0.25, 0.3) is 0 Å². The number of hydrogen-bond donors (Lipinski definition) is 0. The van der Waals surface area contributed by atoms with Crippen LogP contribution in [0.15, 0.2) is 17.1 Å². The zero-order chi connectivity index (χ0) is 11.5. The van der Waals surface area contributed by atoms with E-state index in [1.54, 1.807) is 13.0 Å². The van der Waals surface area contributed by atoms with E-state index in [0.717, 1.165) is 12.8 Å². The molecule has 0 aromatic carbocycles. The number of fused-ring (bicyclic) bond motifs is 2. The highest BCUT2D eigenvalue weighted by atomic mass is 16.5. The van der Waals surface area contributed by atoms with Crippen LogP contribution in [0.4, 0.5) is 0 Å². The van der Waals surface area contributed by atoms with E-state index in [1.165, 1.54) is 0 Å². The number of carbonyl (C=O) groups excluding carboxylic acids is 2. The predicted molar refractivity (Wildman–Crippen MR) is 57.4 cm³/mol. The van der Waals surface area contributed by atoms with Crippen molar-refractivity contribution >= 4 is 12.0 Å². The number of allylic oxidation sites excluding steroid dienone is 1. The van der Waals surface area contributed by atoms with Crippen molar-refractivity contribution in [2.45, 2.75) is 25.8 Å². The second-order valence-electron chi connectivity index (χ2n) is 4.28. The molecular formula is C12H15NO3. The quantitative estimate of drug-likeness (QED) is 0.314. The Labute approximate surface area is 94.4 Å². The summed E-state index contributed by atoms with van der Waals surface area (Å²) in [5, 5.41) is 0. The zero-order valence-corrected chi connectivity index (χ0v) is 9.26. The Bertz CT molecular complexity index is 357. The van der Waals surface area contributed by atoms with Crippen molar-refractivity contribution in [2.24, 2.45) is 22.7 Å². The van der Waals surface area contributed by atoms with Crippen LogP contribution in [0.1, 0.15) is 19.8 Å². The lowest BCUT2D eigenvalue weighted by Crippen LogP contribution is -2.44. The Morgan fingerprint density at radius 2 is 2.12 bits per heavy atom. The molecular weight excluding hydrogens is 206 g/mol. The molecule has 0 N–H and O–H groups in total. The third-order valence-corrected chi connectivity index (χ3v) is 3.47. The predicted octanol–water partition coefficient (Wildman–Crippen LogP) is 1.47. The Morgan fingerprint density at radius 3 is 2.69 bits per heavy atom. The lowest BCUT2D eigenvalue weighted by atomic mass is 9.66. The minimum atomic E-state index is -0.287. The Balaban J connectivity index is 2.23. The number of isocyanates is 1. The first-order valence-electron chi connectivity index (χ1n) is 5.70. The largest absolute Gasteiger partial charge is 0.466 e. The maximum Gasteiger partial charge on any atom is 0.311 e. The van der Waals surface area contributed by atoms with Gasteiger partial charge >= 0.3 is 5.97 Å². The molecule has 3 aliphatic rings. The van der Waals surface area contributed by atoms with E-state index in [0.29, 0.717) is 6.61 Å². The maximum atomic E-state index is 11.8. The summed E-state index contributed by atoms with van der Waals surface area (Å²) >= 11 is 0. The lowest BCUT2D eigenvalue weighted by Gasteiger charge is -2.40. The monoisotopic (exact) mass is 221 g/mol. The molecule has 3 aliphatic carbocycles. The van der Waals surface area contributed by atoms with E-state index < -0.39 is 0 Å². The fourth-order valence-corrected chi connectivity index (χ4v) is 2.76. The van der Waals surface area contributed by atoms with Gasteiger partial charge in [0.05, 0.1) is 18.6 Å². The van der Waals surface area contributed by atoms with Gasteiger partial charge in [-0.15, -0.1) is 0 Å². The van der Waals surface area contributed by atoms with Crippen LogP contribution in [0, 0.1) is 17.8 Å². The van der Waals surface area contributed by atoms with Gasteiger partial charge in [-0.05, 0) is 25.7 Å². The number of esters is 1. The van der Waals surface area contributed by atoms with Gasteiger partial charge in [0.1, 0.15) is 0 Å². The topological polar surface area (TPSA) is 55.7 Å². The highest BCUT2D eigenvalue weighted by Crippen LogP contribution is 2.42.